The van der Waals surface area contributed by atoms with Gasteiger partial charge in [-0.25, -0.2) is 9.18 Å². The molecule has 0 unspecified atom stereocenters. The van der Waals surface area contributed by atoms with E-state index in [-0.39, 0.29) is 11.3 Å². The summed E-state index contributed by atoms with van der Waals surface area (Å²) in [6.45, 7) is 0.253. The lowest BCUT2D eigenvalue weighted by atomic mass is 9.66. The van der Waals surface area contributed by atoms with Crippen molar-refractivity contribution in [3.05, 3.63) is 29.4 Å². The minimum Gasteiger partial charge on any atom is -0.362 e. The number of amides is 4. The summed E-state index contributed by atoms with van der Waals surface area (Å²) < 4.78 is 104. The summed E-state index contributed by atoms with van der Waals surface area (Å²) >= 11 is 0. The predicted octanol–water partition coefficient (Wildman–Crippen LogP) is 2.33. The summed E-state index contributed by atoms with van der Waals surface area (Å²) in [4.78, 5) is 42.0. The first kappa shape index (κ1) is 24.9. The fourth-order valence-electron chi connectivity index (χ4n) is 5.05. The lowest BCUT2D eigenvalue weighted by Gasteiger charge is -2.55. The van der Waals surface area contributed by atoms with Crippen LogP contribution in [0.25, 0.3) is 11.4 Å². The van der Waals surface area contributed by atoms with Gasteiger partial charge in [-0.15, -0.1) is 0 Å². The zero-order valence-electron chi connectivity index (χ0n) is 18.3. The van der Waals surface area contributed by atoms with Crippen LogP contribution in [0, 0.1) is 11.2 Å². The molecular weight excluding hydrogens is 523 g/mol. The van der Waals surface area contributed by atoms with Crippen molar-refractivity contribution in [2.75, 3.05) is 11.4 Å². The molecule has 3 aliphatic rings. The lowest BCUT2D eigenvalue weighted by molar-refractivity contribution is -0.242. The second-order valence-corrected chi connectivity index (χ2v) is 8.74. The molecule has 37 heavy (non-hydrogen) atoms. The largest absolute Gasteiger partial charge is 0.471 e. The molecule has 2 fully saturated rings. The smallest absolute Gasteiger partial charge is 0.362 e. The van der Waals surface area contributed by atoms with Crippen molar-refractivity contribution in [3.63, 3.8) is 0 Å². The van der Waals surface area contributed by atoms with E-state index in [0.717, 1.165) is 17.0 Å². The van der Waals surface area contributed by atoms with Crippen molar-refractivity contribution < 1.29 is 54.4 Å². The summed E-state index contributed by atoms with van der Waals surface area (Å²) in [7, 11) is 0. The van der Waals surface area contributed by atoms with E-state index in [0.29, 0.717) is 0 Å². The topological polar surface area (TPSA) is 127 Å². The third-order valence-corrected chi connectivity index (χ3v) is 6.51. The molecule has 2 aromatic rings. The Morgan fingerprint density at radius 1 is 1.08 bits per heavy atom. The quantitative estimate of drug-likeness (QED) is 0.420. The van der Waals surface area contributed by atoms with Gasteiger partial charge >= 0.3 is 24.3 Å². The van der Waals surface area contributed by atoms with Gasteiger partial charge in [0.15, 0.2) is 11.5 Å². The first-order valence-electron chi connectivity index (χ1n) is 10.5. The molecule has 0 radical (unpaired) electrons. The zero-order chi connectivity index (χ0) is 27.1. The van der Waals surface area contributed by atoms with E-state index >= 15 is 4.39 Å². The molecule has 0 saturated carbocycles. The number of morpholine rings is 1. The number of carbonyl (C=O) groups is 3. The standard InChI is InChI=1S/C20H14F7N5O5/c1-6-12-18(14(33)29-17(35)30-15(18)34)4-7-2-8(13-28-16(37-31-13)20(25,26)27)9(21)3-10(7)32(12)5-11(36-6)19(22,23)24/h2-3,6,11-12H,4-5H2,1H3,(H2,29,30,33,34,35)/t6-,11-,12+/m0/s1. The Hall–Kier alpha value is -3.76. The number of nitrogens with one attached hydrogen (secondary N) is 2. The number of urea groups is 1. The molecule has 5 rings (SSSR count). The molecule has 1 spiro atoms. The van der Waals surface area contributed by atoms with Crippen molar-refractivity contribution in [1.29, 1.82) is 0 Å². The van der Waals surface area contributed by atoms with Gasteiger partial charge in [-0.1, -0.05) is 5.16 Å². The molecule has 1 aromatic carbocycles. The molecule has 10 nitrogen and oxygen atoms in total. The number of hydrogen-bond donors (Lipinski definition) is 2. The fraction of sp³-hybridized carbons (Fsp3) is 0.450. The van der Waals surface area contributed by atoms with Crippen LogP contribution < -0.4 is 15.5 Å². The van der Waals surface area contributed by atoms with Crippen LogP contribution in [0.15, 0.2) is 16.7 Å². The van der Waals surface area contributed by atoms with Gasteiger partial charge in [0.2, 0.25) is 17.6 Å². The van der Waals surface area contributed by atoms with Gasteiger partial charge in [0, 0.05) is 5.69 Å². The van der Waals surface area contributed by atoms with Crippen LogP contribution in [-0.2, 0) is 26.9 Å². The minimum absolute atomic E-state index is 0.0827. The van der Waals surface area contributed by atoms with E-state index in [2.05, 4.69) is 14.7 Å². The van der Waals surface area contributed by atoms with E-state index in [1.807, 2.05) is 10.6 Å². The van der Waals surface area contributed by atoms with Crippen molar-refractivity contribution in [2.45, 2.75) is 43.9 Å². The lowest BCUT2D eigenvalue weighted by Crippen LogP contribution is -2.76. The van der Waals surface area contributed by atoms with Gasteiger partial charge in [-0.2, -0.15) is 31.3 Å². The number of aromatic nitrogens is 2. The molecule has 1 aromatic heterocycles. The second kappa shape index (κ2) is 7.87. The first-order valence-corrected chi connectivity index (χ1v) is 10.5. The molecular formula is C20H14F7N5O5. The van der Waals surface area contributed by atoms with Gasteiger partial charge in [0.05, 0.1) is 24.3 Å². The highest BCUT2D eigenvalue weighted by molar-refractivity contribution is 6.20. The van der Waals surface area contributed by atoms with Crippen LogP contribution in [0.3, 0.4) is 0 Å². The summed E-state index contributed by atoms with van der Waals surface area (Å²) in [6.07, 6.45) is -14.3. The number of nitrogens with zero attached hydrogens (tertiary/aromatic N) is 3. The van der Waals surface area contributed by atoms with Crippen LogP contribution in [0.5, 0.6) is 0 Å². The first-order chi connectivity index (χ1) is 17.1. The third-order valence-electron chi connectivity index (χ3n) is 6.51. The van der Waals surface area contributed by atoms with Gasteiger partial charge in [0.1, 0.15) is 5.82 Å². The van der Waals surface area contributed by atoms with E-state index in [1.165, 1.54) is 6.92 Å². The third kappa shape index (κ3) is 3.79. The Labute approximate surface area is 201 Å². The average molecular weight is 537 g/mol. The summed E-state index contributed by atoms with van der Waals surface area (Å²) in [5.74, 6) is -6.05. The van der Waals surface area contributed by atoms with E-state index < -0.39 is 89.9 Å². The molecule has 3 aliphatic heterocycles. The Bertz CT molecular complexity index is 1300. The van der Waals surface area contributed by atoms with E-state index in [4.69, 9.17) is 4.74 Å². The number of alkyl halides is 6. The van der Waals surface area contributed by atoms with Gasteiger partial charge in [0.25, 0.3) is 0 Å². The number of ether oxygens (including phenoxy) is 1. The number of rotatable bonds is 1. The number of halogens is 7. The highest BCUT2D eigenvalue weighted by Crippen LogP contribution is 2.49. The Morgan fingerprint density at radius 2 is 1.73 bits per heavy atom. The van der Waals surface area contributed by atoms with Crippen LogP contribution in [0.4, 0.5) is 41.2 Å². The summed E-state index contributed by atoms with van der Waals surface area (Å²) in [5, 5.41) is 6.95. The number of barbiturate groups is 1. The zero-order valence-corrected chi connectivity index (χ0v) is 18.3. The molecule has 0 bridgehead atoms. The maximum Gasteiger partial charge on any atom is 0.471 e. The van der Waals surface area contributed by atoms with Crippen LogP contribution in [0.2, 0.25) is 0 Å². The monoisotopic (exact) mass is 537 g/mol. The van der Waals surface area contributed by atoms with Crippen LogP contribution >= 0.6 is 0 Å². The average Bonchev–Trinajstić information content (AvgIpc) is 3.27. The molecule has 4 heterocycles. The van der Waals surface area contributed by atoms with Crippen molar-refractivity contribution in [2.24, 2.45) is 5.41 Å². The van der Waals surface area contributed by atoms with Crippen LogP contribution in [0.1, 0.15) is 18.4 Å². The van der Waals surface area contributed by atoms with Gasteiger partial charge < -0.3 is 14.2 Å². The number of hydrogen-bond acceptors (Lipinski definition) is 8. The molecule has 0 aliphatic carbocycles. The summed E-state index contributed by atoms with van der Waals surface area (Å²) in [5.41, 5.74) is -3.06. The Morgan fingerprint density at radius 3 is 2.30 bits per heavy atom. The van der Waals surface area contributed by atoms with Crippen LogP contribution in [-0.4, -0.2) is 59.0 Å². The van der Waals surface area contributed by atoms with Crippen molar-refractivity contribution >= 4 is 23.5 Å². The molecule has 3 atom stereocenters. The Balaban J connectivity index is 1.68. The molecule has 2 saturated heterocycles. The fourth-order valence-corrected chi connectivity index (χ4v) is 5.05. The molecule has 2 N–H and O–H groups in total. The van der Waals surface area contributed by atoms with Crippen molar-refractivity contribution in [3.8, 4) is 11.4 Å². The van der Waals surface area contributed by atoms with E-state index in [9.17, 15) is 40.7 Å². The maximum atomic E-state index is 15.1. The SMILES string of the molecule is C[C@@H]1O[C@H](C(F)(F)F)CN2c3cc(F)c(-c4noc(C(F)(F)F)n4)cc3CC3(C(=O)NC(=O)NC3=O)[C@@H]12. The molecule has 4 amide bonds. The highest BCUT2D eigenvalue weighted by atomic mass is 19.4. The number of imide groups is 2. The normalized spacial score (nSPS) is 25.5. The molecule has 198 valence electrons. The minimum atomic E-state index is -5.03. The maximum absolute atomic E-state index is 15.1. The number of benzene rings is 1. The number of anilines is 1. The predicted molar refractivity (Wildman–Crippen MR) is 104 cm³/mol. The number of fused-ring (bicyclic) bond motifs is 4. The second-order valence-electron chi connectivity index (χ2n) is 8.74. The summed E-state index contributed by atoms with van der Waals surface area (Å²) in [6, 6.07) is -0.878. The van der Waals surface area contributed by atoms with Crippen molar-refractivity contribution in [1.82, 2.24) is 20.8 Å². The Kier molecular flexibility index (Phi) is 5.30. The van der Waals surface area contributed by atoms with Gasteiger partial charge in [-0.3, -0.25) is 20.2 Å². The van der Waals surface area contributed by atoms with E-state index in [1.54, 1.807) is 0 Å². The number of carbonyl (C=O) groups excluding carboxylic acids is 3. The highest BCUT2D eigenvalue weighted by Gasteiger charge is 2.64. The van der Waals surface area contributed by atoms with Gasteiger partial charge in [-0.05, 0) is 31.0 Å². The molecule has 17 heteroatoms.